The molecule has 0 fully saturated rings. The van der Waals surface area contributed by atoms with E-state index in [1.54, 1.807) is 0 Å². The average Bonchev–Trinajstić information content (AvgIpc) is 2.61. The summed E-state index contributed by atoms with van der Waals surface area (Å²) in [5, 5.41) is 8.85. The molecule has 1 N–H and O–H groups in total. The molecule has 0 spiro atoms. The fourth-order valence-corrected chi connectivity index (χ4v) is 3.33. The molecule has 5 heteroatoms. The van der Waals surface area contributed by atoms with Gasteiger partial charge in [0.1, 0.15) is 0 Å². The van der Waals surface area contributed by atoms with Gasteiger partial charge in [-0.15, -0.1) is 0 Å². The second-order valence-corrected chi connectivity index (χ2v) is 8.21. The Morgan fingerprint density at radius 2 is 1.50 bits per heavy atom. The number of rotatable bonds is 6. The Kier molecular flexibility index (Phi) is 10.8. The van der Waals surface area contributed by atoms with Crippen LogP contribution in [0.5, 0.6) is 0 Å². The Morgan fingerprint density at radius 3 is 1.92 bits per heavy atom. The average molecular weight is 486 g/mol. The van der Waals surface area contributed by atoms with Gasteiger partial charge in [0.15, 0.2) is 0 Å². The van der Waals surface area contributed by atoms with E-state index in [4.69, 9.17) is 5.11 Å². The van der Waals surface area contributed by atoms with Gasteiger partial charge in [-0.05, 0) is 54.2 Å². The lowest BCUT2D eigenvalue weighted by Crippen LogP contribution is -2.14. The molecule has 2 aromatic rings. The van der Waals surface area contributed by atoms with Crippen molar-refractivity contribution in [1.29, 1.82) is 0 Å². The zero-order valence-corrected chi connectivity index (χ0v) is 18.6. The summed E-state index contributed by atoms with van der Waals surface area (Å²) in [6, 6.07) is 16.1. The summed E-state index contributed by atoms with van der Waals surface area (Å²) in [4.78, 5) is 11.2. The summed E-state index contributed by atoms with van der Waals surface area (Å²) in [6.45, 7) is 4.17. The van der Waals surface area contributed by atoms with Gasteiger partial charge in [-0.2, -0.15) is 0 Å². The van der Waals surface area contributed by atoms with Gasteiger partial charge < -0.3 is 9.84 Å². The Labute approximate surface area is 173 Å². The van der Waals surface area contributed by atoms with Gasteiger partial charge in [-0.1, -0.05) is 70.0 Å². The van der Waals surface area contributed by atoms with Gasteiger partial charge in [0.05, 0.1) is 13.0 Å². The van der Waals surface area contributed by atoms with Crippen molar-refractivity contribution >= 4 is 37.8 Å². The van der Waals surface area contributed by atoms with Crippen LogP contribution in [-0.2, 0) is 22.4 Å². The number of carbonyl (C=O) groups excluding carboxylic acids is 1. The number of aliphatic hydroxyl groups is 1. The van der Waals surface area contributed by atoms with Crippen LogP contribution in [-0.4, -0.2) is 24.8 Å². The summed E-state index contributed by atoms with van der Waals surface area (Å²) >= 11 is 6.80. The number of esters is 1. The van der Waals surface area contributed by atoms with E-state index in [0.717, 1.165) is 20.9 Å². The molecule has 3 nitrogen and oxygen atoms in total. The standard InChI is InChI=1S/C11H13BrO2.C10H13BrO/c1-8(11(13)14-2)6-9-4-3-5-10(12)7-9;1-8(7-12)5-9-3-2-4-10(11)6-9/h3-5,7-8H,6H2,1-2H3;2-4,6,8,12H,5,7H2,1H3/t2*8-/m00/s1. The minimum Gasteiger partial charge on any atom is -0.469 e. The molecule has 0 radical (unpaired) electrons. The highest BCUT2D eigenvalue weighted by molar-refractivity contribution is 9.10. The fourth-order valence-electron chi connectivity index (χ4n) is 2.43. The first kappa shape index (κ1) is 22.9. The molecule has 0 aromatic heterocycles. The van der Waals surface area contributed by atoms with Crippen LogP contribution in [0.15, 0.2) is 57.5 Å². The summed E-state index contributed by atoms with van der Waals surface area (Å²) in [5.74, 6) is 0.0959. The largest absolute Gasteiger partial charge is 0.469 e. The lowest BCUT2D eigenvalue weighted by Gasteiger charge is -2.08. The Bertz CT molecular complexity index is 688. The Hall–Kier alpha value is -1.17. The van der Waals surface area contributed by atoms with Crippen molar-refractivity contribution in [3.05, 3.63) is 68.6 Å². The highest BCUT2D eigenvalue weighted by atomic mass is 79.9. The first-order valence-electron chi connectivity index (χ1n) is 8.53. The number of ether oxygens (including phenoxy) is 1. The van der Waals surface area contributed by atoms with Crippen LogP contribution in [0.3, 0.4) is 0 Å². The predicted molar refractivity (Wildman–Crippen MR) is 113 cm³/mol. The minimum atomic E-state index is -0.162. The number of carbonyl (C=O) groups is 1. The lowest BCUT2D eigenvalue weighted by atomic mass is 10.0. The summed E-state index contributed by atoms with van der Waals surface area (Å²) < 4.78 is 6.80. The van der Waals surface area contributed by atoms with Crippen LogP contribution in [0.25, 0.3) is 0 Å². The van der Waals surface area contributed by atoms with Crippen molar-refractivity contribution in [2.75, 3.05) is 13.7 Å². The minimum absolute atomic E-state index is 0.0886. The van der Waals surface area contributed by atoms with Crippen molar-refractivity contribution in [3.8, 4) is 0 Å². The summed E-state index contributed by atoms with van der Waals surface area (Å²) in [6.07, 6.45) is 1.65. The van der Waals surface area contributed by atoms with Crippen LogP contribution in [0.2, 0.25) is 0 Å². The van der Waals surface area contributed by atoms with Crippen molar-refractivity contribution in [1.82, 2.24) is 0 Å². The molecule has 0 aliphatic rings. The molecule has 2 rings (SSSR count). The third kappa shape index (κ3) is 8.97. The SMILES string of the molecule is COC(=O)[C@@H](C)Cc1cccc(Br)c1.C[C@H](CO)Cc1cccc(Br)c1. The molecule has 0 unspecified atom stereocenters. The van der Waals surface area contributed by atoms with Crippen molar-refractivity contribution in [3.63, 3.8) is 0 Å². The maximum Gasteiger partial charge on any atom is 0.308 e. The van der Waals surface area contributed by atoms with Crippen LogP contribution in [0.1, 0.15) is 25.0 Å². The number of benzene rings is 2. The quantitative estimate of drug-likeness (QED) is 0.555. The van der Waals surface area contributed by atoms with Crippen molar-refractivity contribution in [2.24, 2.45) is 11.8 Å². The molecule has 0 saturated carbocycles. The smallest absolute Gasteiger partial charge is 0.308 e. The first-order chi connectivity index (χ1) is 12.3. The second-order valence-electron chi connectivity index (χ2n) is 6.38. The van der Waals surface area contributed by atoms with Crippen molar-refractivity contribution in [2.45, 2.75) is 26.7 Å². The molecule has 0 heterocycles. The van der Waals surface area contributed by atoms with E-state index in [2.05, 4.69) is 48.7 Å². The van der Waals surface area contributed by atoms with Gasteiger partial charge in [0.25, 0.3) is 0 Å². The van der Waals surface area contributed by atoms with Gasteiger partial charge in [-0.3, -0.25) is 4.79 Å². The van der Waals surface area contributed by atoms with E-state index >= 15 is 0 Å². The van der Waals surface area contributed by atoms with E-state index in [1.807, 2.05) is 50.2 Å². The maximum atomic E-state index is 11.2. The highest BCUT2D eigenvalue weighted by Gasteiger charge is 2.13. The molecule has 0 saturated heterocycles. The summed E-state index contributed by atoms with van der Waals surface area (Å²) in [5.41, 5.74) is 2.41. The van der Waals surface area contributed by atoms with E-state index in [1.165, 1.54) is 12.7 Å². The predicted octanol–water partition coefficient (Wildman–Crippen LogP) is 5.42. The fraction of sp³-hybridized carbons (Fsp3) is 0.381. The normalized spacial score (nSPS) is 12.5. The molecule has 2 aromatic carbocycles. The molecular formula is C21H26Br2O3. The van der Waals surface area contributed by atoms with Gasteiger partial charge in [0.2, 0.25) is 0 Å². The first-order valence-corrected chi connectivity index (χ1v) is 10.1. The lowest BCUT2D eigenvalue weighted by molar-refractivity contribution is -0.144. The Balaban J connectivity index is 0.000000263. The number of hydrogen-bond acceptors (Lipinski definition) is 3. The molecule has 142 valence electrons. The van der Waals surface area contributed by atoms with Crippen LogP contribution in [0, 0.1) is 11.8 Å². The monoisotopic (exact) mass is 484 g/mol. The molecule has 0 bridgehead atoms. The molecule has 0 amide bonds. The maximum absolute atomic E-state index is 11.2. The number of methoxy groups -OCH3 is 1. The highest BCUT2D eigenvalue weighted by Crippen LogP contribution is 2.16. The van der Waals surface area contributed by atoms with Gasteiger partial charge in [-0.25, -0.2) is 0 Å². The van der Waals surface area contributed by atoms with Gasteiger partial charge in [0, 0.05) is 15.6 Å². The zero-order valence-electron chi connectivity index (χ0n) is 15.4. The second kappa shape index (κ2) is 12.3. The molecular weight excluding hydrogens is 460 g/mol. The van der Waals surface area contributed by atoms with Gasteiger partial charge >= 0.3 is 5.97 Å². The van der Waals surface area contributed by atoms with Crippen LogP contribution in [0.4, 0.5) is 0 Å². The molecule has 2 atom stereocenters. The van der Waals surface area contributed by atoms with E-state index < -0.39 is 0 Å². The Morgan fingerprint density at radius 1 is 1.00 bits per heavy atom. The third-order valence-corrected chi connectivity index (χ3v) is 4.81. The number of halogens is 2. The molecule has 0 aliphatic carbocycles. The number of aliphatic hydroxyl groups excluding tert-OH is 1. The van der Waals surface area contributed by atoms with E-state index in [-0.39, 0.29) is 18.5 Å². The van der Waals surface area contributed by atoms with E-state index in [0.29, 0.717) is 12.3 Å². The molecule has 26 heavy (non-hydrogen) atoms. The third-order valence-electron chi connectivity index (χ3n) is 3.82. The topological polar surface area (TPSA) is 46.5 Å². The van der Waals surface area contributed by atoms with Crippen LogP contribution >= 0.6 is 31.9 Å². The van der Waals surface area contributed by atoms with E-state index in [9.17, 15) is 4.79 Å². The summed E-state index contributed by atoms with van der Waals surface area (Å²) in [7, 11) is 1.42. The number of hydrogen-bond donors (Lipinski definition) is 1. The zero-order chi connectivity index (χ0) is 19.5. The van der Waals surface area contributed by atoms with Crippen LogP contribution < -0.4 is 0 Å². The molecule has 0 aliphatic heterocycles. The van der Waals surface area contributed by atoms with Crippen molar-refractivity contribution < 1.29 is 14.6 Å².